The normalized spacial score (nSPS) is 26.9. The molecule has 0 aromatic heterocycles. The van der Waals surface area contributed by atoms with E-state index >= 15 is 0 Å². The summed E-state index contributed by atoms with van der Waals surface area (Å²) in [7, 11) is 0. The lowest BCUT2D eigenvalue weighted by Crippen LogP contribution is -2.23. The highest BCUT2D eigenvalue weighted by atomic mass is 16.5. The molecule has 2 aliphatic heterocycles. The van der Waals surface area contributed by atoms with Crippen LogP contribution < -0.4 is 10.2 Å². The Morgan fingerprint density at radius 1 is 1.21 bits per heavy atom. The van der Waals surface area contributed by atoms with Crippen molar-refractivity contribution in [3.8, 4) is 0 Å². The van der Waals surface area contributed by atoms with Gasteiger partial charge >= 0.3 is 0 Å². The maximum atomic E-state index is 5.87. The average Bonchev–Trinajstić information content (AvgIpc) is 3.08. The van der Waals surface area contributed by atoms with Crippen molar-refractivity contribution in [1.82, 2.24) is 0 Å². The first-order valence-corrected chi connectivity index (χ1v) is 7.56. The first kappa shape index (κ1) is 12.8. The number of hydrogen-bond donors (Lipinski definition) is 1. The van der Waals surface area contributed by atoms with E-state index in [-0.39, 0.29) is 0 Å². The molecule has 2 unspecified atom stereocenters. The van der Waals surface area contributed by atoms with E-state index in [4.69, 9.17) is 4.74 Å². The topological polar surface area (TPSA) is 24.5 Å². The predicted molar refractivity (Wildman–Crippen MR) is 79.9 cm³/mol. The second kappa shape index (κ2) is 5.83. The second-order valence-electron chi connectivity index (χ2n) is 5.74. The van der Waals surface area contributed by atoms with E-state index in [0.717, 1.165) is 6.54 Å². The van der Waals surface area contributed by atoms with Crippen LogP contribution in [0.4, 0.5) is 11.4 Å². The summed E-state index contributed by atoms with van der Waals surface area (Å²) in [5.41, 5.74) is 2.61. The van der Waals surface area contributed by atoms with Crippen LogP contribution in [-0.2, 0) is 4.74 Å². The Kier molecular flexibility index (Phi) is 3.92. The van der Waals surface area contributed by atoms with Crippen LogP contribution in [0, 0.1) is 0 Å². The minimum Gasteiger partial charge on any atom is -0.381 e. The van der Waals surface area contributed by atoms with Crippen molar-refractivity contribution in [3.05, 3.63) is 24.3 Å². The van der Waals surface area contributed by atoms with Gasteiger partial charge in [-0.3, -0.25) is 0 Å². The van der Waals surface area contributed by atoms with E-state index in [1.54, 1.807) is 0 Å². The first-order valence-electron chi connectivity index (χ1n) is 7.56. The number of nitrogens with one attached hydrogen (secondary N) is 1. The van der Waals surface area contributed by atoms with Gasteiger partial charge in [0.15, 0.2) is 0 Å². The number of nitrogens with zero attached hydrogens (tertiary/aromatic N) is 1. The molecule has 2 saturated heterocycles. The summed E-state index contributed by atoms with van der Waals surface area (Å²) in [6.45, 7) is 5.47. The van der Waals surface area contributed by atoms with E-state index in [9.17, 15) is 0 Å². The van der Waals surface area contributed by atoms with Crippen molar-refractivity contribution in [1.29, 1.82) is 0 Å². The zero-order valence-electron chi connectivity index (χ0n) is 11.8. The van der Waals surface area contributed by atoms with Crippen molar-refractivity contribution in [3.63, 3.8) is 0 Å². The lowest BCUT2D eigenvalue weighted by Gasteiger charge is -2.23. The molecule has 3 nitrogen and oxygen atoms in total. The Morgan fingerprint density at radius 3 is 2.74 bits per heavy atom. The van der Waals surface area contributed by atoms with E-state index in [0.29, 0.717) is 12.2 Å². The summed E-state index contributed by atoms with van der Waals surface area (Å²) in [4.78, 5) is 2.49. The van der Waals surface area contributed by atoms with Crippen molar-refractivity contribution < 1.29 is 4.74 Å². The Bertz CT molecular complexity index is 415. The number of benzene rings is 1. The first-order chi connectivity index (χ1) is 9.33. The molecule has 0 radical (unpaired) electrons. The van der Waals surface area contributed by atoms with Crippen LogP contribution >= 0.6 is 0 Å². The molecule has 2 atom stereocenters. The Labute approximate surface area is 115 Å². The molecular formula is C16H24N2O. The molecule has 0 amide bonds. The van der Waals surface area contributed by atoms with Gasteiger partial charge in [-0.15, -0.1) is 0 Å². The van der Waals surface area contributed by atoms with Crippen LogP contribution in [0.2, 0.25) is 0 Å². The van der Waals surface area contributed by atoms with Gasteiger partial charge in [-0.25, -0.2) is 0 Å². The largest absolute Gasteiger partial charge is 0.381 e. The minimum absolute atomic E-state index is 0.377. The third-order valence-electron chi connectivity index (χ3n) is 4.19. The fourth-order valence-corrected chi connectivity index (χ4v) is 3.12. The van der Waals surface area contributed by atoms with Crippen LogP contribution in [0.5, 0.6) is 0 Å². The van der Waals surface area contributed by atoms with E-state index in [1.807, 2.05) is 0 Å². The lowest BCUT2D eigenvalue weighted by atomic mass is 10.2. The molecule has 2 fully saturated rings. The molecule has 104 valence electrons. The maximum Gasteiger partial charge on any atom is 0.0751 e. The number of ether oxygens (including phenoxy) is 1. The zero-order chi connectivity index (χ0) is 13.1. The second-order valence-corrected chi connectivity index (χ2v) is 5.74. The predicted octanol–water partition coefficient (Wildman–Crippen LogP) is 3.27. The Morgan fingerprint density at radius 2 is 2.00 bits per heavy atom. The van der Waals surface area contributed by atoms with Crippen LogP contribution in [0.1, 0.15) is 32.6 Å². The zero-order valence-corrected chi connectivity index (χ0v) is 11.8. The van der Waals surface area contributed by atoms with Gasteiger partial charge in [0.1, 0.15) is 0 Å². The van der Waals surface area contributed by atoms with Crippen LogP contribution in [0.15, 0.2) is 24.3 Å². The third-order valence-corrected chi connectivity index (χ3v) is 4.19. The maximum absolute atomic E-state index is 5.87. The minimum atomic E-state index is 0.377. The van der Waals surface area contributed by atoms with E-state index in [2.05, 4.69) is 41.4 Å². The van der Waals surface area contributed by atoms with E-state index < -0.39 is 0 Å². The summed E-state index contributed by atoms with van der Waals surface area (Å²) in [5, 5.41) is 3.59. The third kappa shape index (κ3) is 3.03. The van der Waals surface area contributed by atoms with Crippen LogP contribution in [-0.4, -0.2) is 31.8 Å². The van der Waals surface area contributed by atoms with Gasteiger partial charge in [0.2, 0.25) is 0 Å². The highest BCUT2D eigenvalue weighted by Gasteiger charge is 2.22. The van der Waals surface area contributed by atoms with Crippen molar-refractivity contribution in [2.45, 2.75) is 44.8 Å². The van der Waals surface area contributed by atoms with Gasteiger partial charge in [0, 0.05) is 19.6 Å². The molecule has 19 heavy (non-hydrogen) atoms. The van der Waals surface area contributed by atoms with Gasteiger partial charge in [-0.1, -0.05) is 12.1 Å². The molecule has 0 saturated carbocycles. The molecule has 0 bridgehead atoms. The Balaban J connectivity index is 1.63. The molecule has 1 aromatic carbocycles. The van der Waals surface area contributed by atoms with Crippen molar-refractivity contribution in [2.24, 2.45) is 0 Å². The van der Waals surface area contributed by atoms with Gasteiger partial charge in [-0.05, 0) is 44.7 Å². The van der Waals surface area contributed by atoms with Crippen molar-refractivity contribution in [2.75, 3.05) is 29.9 Å². The molecule has 3 heteroatoms. The monoisotopic (exact) mass is 260 g/mol. The van der Waals surface area contributed by atoms with Crippen LogP contribution in [0.3, 0.4) is 0 Å². The van der Waals surface area contributed by atoms with Gasteiger partial charge in [0.05, 0.1) is 23.6 Å². The lowest BCUT2D eigenvalue weighted by molar-refractivity contribution is 0.0637. The van der Waals surface area contributed by atoms with Gasteiger partial charge in [0.25, 0.3) is 0 Å². The fraction of sp³-hybridized carbons (Fsp3) is 0.625. The molecule has 0 spiro atoms. The Hall–Kier alpha value is -1.22. The number of para-hydroxylation sites is 2. The van der Waals surface area contributed by atoms with Gasteiger partial charge in [-0.2, -0.15) is 0 Å². The van der Waals surface area contributed by atoms with E-state index in [1.165, 1.54) is 50.1 Å². The quantitative estimate of drug-likeness (QED) is 0.899. The molecule has 3 rings (SSSR count). The van der Waals surface area contributed by atoms with Crippen molar-refractivity contribution >= 4 is 11.4 Å². The molecule has 1 aromatic rings. The summed E-state index contributed by atoms with van der Waals surface area (Å²) in [6, 6.07) is 8.66. The highest BCUT2D eigenvalue weighted by Crippen LogP contribution is 2.29. The van der Waals surface area contributed by atoms with Crippen LogP contribution in [0.25, 0.3) is 0 Å². The number of rotatable bonds is 4. The smallest absolute Gasteiger partial charge is 0.0751 e. The molecule has 1 N–H and O–H groups in total. The highest BCUT2D eigenvalue weighted by molar-refractivity contribution is 5.70. The molecular weight excluding hydrogens is 236 g/mol. The summed E-state index contributed by atoms with van der Waals surface area (Å²) < 4.78 is 5.87. The number of hydrogen-bond acceptors (Lipinski definition) is 3. The molecule has 0 aliphatic carbocycles. The number of anilines is 2. The SMILES string of the molecule is CC1CCC(CNc2ccccc2N2CCCC2)O1. The average molecular weight is 260 g/mol. The summed E-state index contributed by atoms with van der Waals surface area (Å²) >= 11 is 0. The summed E-state index contributed by atoms with van der Waals surface area (Å²) in [6.07, 6.45) is 5.82. The fourth-order valence-electron chi connectivity index (χ4n) is 3.12. The molecule has 2 heterocycles. The standard InChI is InChI=1S/C16H24N2O/c1-13-8-9-14(19-13)12-17-15-6-2-3-7-16(15)18-10-4-5-11-18/h2-3,6-7,13-14,17H,4-5,8-12H2,1H3. The molecule has 2 aliphatic rings. The van der Waals surface area contributed by atoms with Gasteiger partial charge < -0.3 is 15.0 Å². The summed E-state index contributed by atoms with van der Waals surface area (Å²) in [5.74, 6) is 0.